The summed E-state index contributed by atoms with van der Waals surface area (Å²) in [7, 11) is 1.54. The van der Waals surface area contributed by atoms with Crippen LogP contribution in [-0.2, 0) is 25.6 Å². The first-order valence-corrected chi connectivity index (χ1v) is 11.3. The molecule has 0 saturated carbocycles. The van der Waals surface area contributed by atoms with Crippen LogP contribution in [0.4, 0.5) is 4.39 Å². The summed E-state index contributed by atoms with van der Waals surface area (Å²) in [6.45, 7) is 1.35. The molecule has 0 aliphatic carbocycles. The lowest BCUT2D eigenvalue weighted by Gasteiger charge is -2.33. The van der Waals surface area contributed by atoms with E-state index in [1.807, 2.05) is 24.3 Å². The first-order valence-electron chi connectivity index (χ1n) is 11.3. The minimum absolute atomic E-state index is 0.101. The molecule has 2 amide bonds. The van der Waals surface area contributed by atoms with Crippen LogP contribution in [0.5, 0.6) is 0 Å². The number of nitrogens with zero attached hydrogens (tertiary/aromatic N) is 4. The number of amides is 2. The minimum Gasteiger partial charge on any atom is -0.383 e. The number of nitrogens with one attached hydrogen (secondary N) is 1. The summed E-state index contributed by atoms with van der Waals surface area (Å²) in [5, 5.41) is 11.1. The van der Waals surface area contributed by atoms with E-state index in [4.69, 9.17) is 9.47 Å². The molecule has 10 heteroatoms. The Morgan fingerprint density at radius 1 is 1.26 bits per heavy atom. The molecule has 34 heavy (non-hydrogen) atoms. The lowest BCUT2D eigenvalue weighted by molar-refractivity contribution is -0.143. The van der Waals surface area contributed by atoms with Crippen molar-refractivity contribution >= 4 is 22.8 Å². The van der Waals surface area contributed by atoms with Crippen molar-refractivity contribution in [2.75, 3.05) is 33.4 Å². The van der Waals surface area contributed by atoms with Crippen molar-refractivity contribution < 1.29 is 23.5 Å². The summed E-state index contributed by atoms with van der Waals surface area (Å²) in [5.41, 5.74) is 1.90. The molecule has 1 aliphatic rings. The molecule has 9 nitrogen and oxygen atoms in total. The number of carbonyl (C=O) groups is 2. The summed E-state index contributed by atoms with van der Waals surface area (Å²) in [6.07, 6.45) is 1.49. The van der Waals surface area contributed by atoms with E-state index in [9.17, 15) is 14.0 Å². The monoisotopic (exact) mass is 469 g/mol. The maximum Gasteiger partial charge on any atom is 0.247 e. The van der Waals surface area contributed by atoms with Crippen LogP contribution in [0.2, 0.25) is 0 Å². The number of para-hydroxylation sites is 1. The molecule has 0 spiro atoms. The molecule has 180 valence electrons. The molecule has 2 atom stereocenters. The van der Waals surface area contributed by atoms with Gasteiger partial charge in [-0.15, -0.1) is 5.10 Å². The molecule has 0 bridgehead atoms. The number of benzene rings is 2. The van der Waals surface area contributed by atoms with Crippen molar-refractivity contribution in [1.82, 2.24) is 25.2 Å². The highest BCUT2D eigenvalue weighted by molar-refractivity contribution is 5.89. The number of methoxy groups -OCH3 is 1. The summed E-state index contributed by atoms with van der Waals surface area (Å²) < 4.78 is 26.0. The van der Waals surface area contributed by atoms with Gasteiger partial charge in [-0.1, -0.05) is 29.5 Å². The van der Waals surface area contributed by atoms with Gasteiger partial charge in [-0.2, -0.15) is 0 Å². The van der Waals surface area contributed by atoms with Gasteiger partial charge >= 0.3 is 0 Å². The fraction of sp³-hybridized carbons (Fsp3) is 0.417. The SMILES string of the molecule is COCCNC(=O)C(c1ccc(F)cc1)N(CC1CCCO1)C(=O)Cn1nnc2ccccc21. The predicted octanol–water partition coefficient (Wildman–Crippen LogP) is 2.08. The van der Waals surface area contributed by atoms with Gasteiger partial charge in [-0.05, 0) is 42.7 Å². The second-order valence-corrected chi connectivity index (χ2v) is 8.15. The Morgan fingerprint density at radius 2 is 2.06 bits per heavy atom. The van der Waals surface area contributed by atoms with Gasteiger partial charge in [0.25, 0.3) is 0 Å². The van der Waals surface area contributed by atoms with Crippen LogP contribution >= 0.6 is 0 Å². The van der Waals surface area contributed by atoms with E-state index in [2.05, 4.69) is 15.6 Å². The molecular weight excluding hydrogens is 441 g/mol. The van der Waals surface area contributed by atoms with Crippen molar-refractivity contribution in [1.29, 1.82) is 0 Å². The van der Waals surface area contributed by atoms with Crippen molar-refractivity contribution in [2.24, 2.45) is 0 Å². The number of fused-ring (bicyclic) bond motifs is 1. The zero-order valence-electron chi connectivity index (χ0n) is 19.0. The molecule has 1 fully saturated rings. The van der Waals surface area contributed by atoms with Gasteiger partial charge in [-0.3, -0.25) is 9.59 Å². The second-order valence-electron chi connectivity index (χ2n) is 8.15. The van der Waals surface area contributed by atoms with E-state index in [0.717, 1.165) is 18.4 Å². The Balaban J connectivity index is 1.66. The van der Waals surface area contributed by atoms with Crippen molar-refractivity contribution in [3.05, 3.63) is 59.9 Å². The number of carbonyl (C=O) groups excluding carboxylic acids is 2. The Bertz CT molecular complexity index is 1110. The summed E-state index contributed by atoms with van der Waals surface area (Å²) >= 11 is 0. The van der Waals surface area contributed by atoms with Gasteiger partial charge in [0.2, 0.25) is 11.8 Å². The van der Waals surface area contributed by atoms with E-state index in [0.29, 0.717) is 24.3 Å². The van der Waals surface area contributed by atoms with Crippen LogP contribution in [0.15, 0.2) is 48.5 Å². The summed E-state index contributed by atoms with van der Waals surface area (Å²) in [4.78, 5) is 28.5. The van der Waals surface area contributed by atoms with E-state index in [-0.39, 0.29) is 37.6 Å². The van der Waals surface area contributed by atoms with E-state index in [1.54, 1.807) is 7.11 Å². The molecule has 2 heterocycles. The van der Waals surface area contributed by atoms with Gasteiger partial charge in [-0.25, -0.2) is 9.07 Å². The molecule has 1 aliphatic heterocycles. The number of ether oxygens (including phenoxy) is 2. The Labute approximate surface area is 196 Å². The lowest BCUT2D eigenvalue weighted by Crippen LogP contribution is -2.48. The van der Waals surface area contributed by atoms with Crippen LogP contribution in [0.3, 0.4) is 0 Å². The van der Waals surface area contributed by atoms with Crippen LogP contribution in [0.25, 0.3) is 11.0 Å². The minimum atomic E-state index is -0.969. The summed E-state index contributed by atoms with van der Waals surface area (Å²) in [5.74, 6) is -1.12. The third-order valence-electron chi connectivity index (χ3n) is 5.80. The molecule has 3 aromatic rings. The largest absolute Gasteiger partial charge is 0.383 e. The smallest absolute Gasteiger partial charge is 0.247 e. The molecule has 1 aromatic heterocycles. The highest BCUT2D eigenvalue weighted by atomic mass is 19.1. The quantitative estimate of drug-likeness (QED) is 0.457. The summed E-state index contributed by atoms with van der Waals surface area (Å²) in [6, 6.07) is 12.0. The van der Waals surface area contributed by atoms with Crippen LogP contribution in [0, 0.1) is 5.82 Å². The fourth-order valence-electron chi connectivity index (χ4n) is 4.10. The predicted molar refractivity (Wildman–Crippen MR) is 122 cm³/mol. The van der Waals surface area contributed by atoms with Gasteiger partial charge < -0.3 is 19.7 Å². The average molecular weight is 470 g/mol. The zero-order chi connectivity index (χ0) is 23.9. The second kappa shape index (κ2) is 11.2. The van der Waals surface area contributed by atoms with E-state index < -0.39 is 11.9 Å². The molecule has 2 unspecified atom stereocenters. The Hall–Kier alpha value is -3.37. The third-order valence-corrected chi connectivity index (χ3v) is 5.80. The van der Waals surface area contributed by atoms with Gasteiger partial charge in [0.15, 0.2) is 0 Å². The van der Waals surface area contributed by atoms with Gasteiger partial charge in [0.05, 0.1) is 18.2 Å². The van der Waals surface area contributed by atoms with Crippen LogP contribution < -0.4 is 5.32 Å². The van der Waals surface area contributed by atoms with Crippen LogP contribution in [0.1, 0.15) is 24.4 Å². The van der Waals surface area contributed by atoms with E-state index >= 15 is 0 Å². The third kappa shape index (κ3) is 5.57. The molecule has 0 radical (unpaired) electrons. The normalized spacial score (nSPS) is 16.5. The van der Waals surface area contributed by atoms with Crippen molar-refractivity contribution in [3.63, 3.8) is 0 Å². The first-order chi connectivity index (χ1) is 16.6. The number of halogens is 1. The number of rotatable bonds is 10. The highest BCUT2D eigenvalue weighted by Gasteiger charge is 2.34. The lowest BCUT2D eigenvalue weighted by atomic mass is 10.0. The van der Waals surface area contributed by atoms with Gasteiger partial charge in [0, 0.05) is 26.8 Å². The number of hydrogen-bond donors (Lipinski definition) is 1. The van der Waals surface area contributed by atoms with E-state index in [1.165, 1.54) is 33.8 Å². The number of aromatic nitrogens is 3. The molecule has 1 saturated heterocycles. The standard InChI is InChI=1S/C24H28FN5O4/c1-33-14-12-26-24(32)23(17-8-10-18(25)11-9-17)29(15-19-5-4-13-34-19)22(31)16-30-21-7-3-2-6-20(21)27-28-30/h2-3,6-11,19,23H,4-5,12-16H2,1H3,(H,26,32). The van der Waals surface area contributed by atoms with Crippen LogP contribution in [-0.4, -0.2) is 71.2 Å². The maximum atomic E-state index is 13.7. The average Bonchev–Trinajstić information content (AvgIpc) is 3.50. The fourth-order valence-corrected chi connectivity index (χ4v) is 4.10. The topological polar surface area (TPSA) is 98.6 Å². The van der Waals surface area contributed by atoms with Crippen molar-refractivity contribution in [3.8, 4) is 0 Å². The Morgan fingerprint density at radius 3 is 2.79 bits per heavy atom. The van der Waals surface area contributed by atoms with Gasteiger partial charge in [0.1, 0.15) is 23.9 Å². The molecular formula is C24H28FN5O4. The maximum absolute atomic E-state index is 13.7. The molecule has 1 N–H and O–H groups in total. The first kappa shape index (κ1) is 23.8. The molecule has 2 aromatic carbocycles. The highest BCUT2D eigenvalue weighted by Crippen LogP contribution is 2.25. The molecule has 4 rings (SSSR count). The Kier molecular flexibility index (Phi) is 7.81. The zero-order valence-corrected chi connectivity index (χ0v) is 19.0. The number of hydrogen-bond acceptors (Lipinski definition) is 6. The van der Waals surface area contributed by atoms with Crippen molar-refractivity contribution in [2.45, 2.75) is 31.5 Å².